The molecule has 0 unspecified atom stereocenters. The average molecular weight is 250 g/mol. The molecule has 0 amide bonds. The third-order valence-electron chi connectivity index (χ3n) is 3.21. The van der Waals surface area contributed by atoms with Crippen LogP contribution in [-0.4, -0.2) is 42.8 Å². The monoisotopic (exact) mass is 250 g/mol. The van der Waals surface area contributed by atoms with E-state index in [-0.39, 0.29) is 6.61 Å². The minimum Gasteiger partial charge on any atom is -0.395 e. The summed E-state index contributed by atoms with van der Waals surface area (Å²) < 4.78 is 0. The highest BCUT2D eigenvalue weighted by Gasteiger charge is 2.07. The van der Waals surface area contributed by atoms with Crippen molar-refractivity contribution < 1.29 is 5.11 Å². The molecule has 1 rings (SSSR count). The predicted octanol–water partition coefficient (Wildman–Crippen LogP) is 2.07. The molecule has 0 radical (unpaired) electrons. The van der Waals surface area contributed by atoms with Crippen molar-refractivity contribution in [2.45, 2.75) is 26.7 Å². The van der Waals surface area contributed by atoms with Crippen LogP contribution in [0.25, 0.3) is 0 Å². The van der Waals surface area contributed by atoms with Crippen LogP contribution in [0.2, 0.25) is 0 Å². The molecule has 0 saturated heterocycles. The van der Waals surface area contributed by atoms with E-state index in [9.17, 15) is 0 Å². The molecule has 0 saturated carbocycles. The first kappa shape index (κ1) is 15.0. The molecule has 0 aromatic carbocycles. The zero-order chi connectivity index (χ0) is 13.2. The number of hydrogen-bond acceptors (Lipinski definition) is 3. The second kappa shape index (κ2) is 8.95. The van der Waals surface area contributed by atoms with Crippen LogP contribution in [0.3, 0.4) is 0 Å². The van der Waals surface area contributed by atoms with Gasteiger partial charge in [-0.25, -0.2) is 0 Å². The second-order valence-corrected chi connectivity index (χ2v) is 4.43. The fourth-order valence-corrected chi connectivity index (χ4v) is 2.15. The summed E-state index contributed by atoms with van der Waals surface area (Å²) in [6, 6.07) is 0. The fourth-order valence-electron chi connectivity index (χ4n) is 2.15. The molecule has 2 N–H and O–H groups in total. The molecule has 3 nitrogen and oxygen atoms in total. The Bertz CT molecular complexity index is 318. The average Bonchev–Trinajstić information content (AvgIpc) is 2.60. The standard InChI is InChI=1S/C15H26N2O/c1-3-16-15-9-7-5-6-8-14(15)10-11-17(4-2)12-13-18/h5-8,16,18H,3-4,9-13H2,1-2H3. The van der Waals surface area contributed by atoms with Crippen molar-refractivity contribution >= 4 is 0 Å². The second-order valence-electron chi connectivity index (χ2n) is 4.43. The molecule has 0 atom stereocenters. The Hall–Kier alpha value is -1.06. The lowest BCUT2D eigenvalue weighted by Gasteiger charge is -2.20. The van der Waals surface area contributed by atoms with Crippen molar-refractivity contribution in [2.24, 2.45) is 0 Å². The van der Waals surface area contributed by atoms with Gasteiger partial charge in [-0.1, -0.05) is 31.2 Å². The maximum absolute atomic E-state index is 9.00. The van der Waals surface area contributed by atoms with Gasteiger partial charge in [0.1, 0.15) is 0 Å². The number of hydrogen-bond donors (Lipinski definition) is 2. The lowest BCUT2D eigenvalue weighted by atomic mass is 10.1. The molecule has 0 fully saturated rings. The van der Waals surface area contributed by atoms with E-state index < -0.39 is 0 Å². The zero-order valence-corrected chi connectivity index (χ0v) is 11.7. The van der Waals surface area contributed by atoms with Gasteiger partial charge in [-0.05, 0) is 25.5 Å². The summed E-state index contributed by atoms with van der Waals surface area (Å²) in [5, 5.41) is 12.5. The number of rotatable bonds is 8. The first-order valence-corrected chi connectivity index (χ1v) is 6.94. The van der Waals surface area contributed by atoms with Gasteiger partial charge in [-0.3, -0.25) is 0 Å². The largest absolute Gasteiger partial charge is 0.395 e. The van der Waals surface area contributed by atoms with Gasteiger partial charge in [0.15, 0.2) is 0 Å². The van der Waals surface area contributed by atoms with Crippen LogP contribution in [0.1, 0.15) is 26.7 Å². The summed E-state index contributed by atoms with van der Waals surface area (Å²) in [6.45, 7) is 8.24. The van der Waals surface area contributed by atoms with Gasteiger partial charge in [0, 0.05) is 31.8 Å². The highest BCUT2D eigenvalue weighted by Crippen LogP contribution is 2.16. The highest BCUT2D eigenvalue weighted by atomic mass is 16.3. The Balaban J connectivity index is 2.60. The molecule has 1 aliphatic rings. The van der Waals surface area contributed by atoms with Gasteiger partial charge in [-0.2, -0.15) is 0 Å². The lowest BCUT2D eigenvalue weighted by Crippen LogP contribution is -2.28. The lowest BCUT2D eigenvalue weighted by molar-refractivity contribution is 0.203. The van der Waals surface area contributed by atoms with Crippen LogP contribution in [0.5, 0.6) is 0 Å². The van der Waals surface area contributed by atoms with Crippen LogP contribution in [0.15, 0.2) is 35.6 Å². The van der Waals surface area contributed by atoms with Crippen LogP contribution in [0, 0.1) is 0 Å². The molecule has 18 heavy (non-hydrogen) atoms. The number of nitrogens with one attached hydrogen (secondary N) is 1. The molecule has 0 aliphatic heterocycles. The third kappa shape index (κ3) is 5.07. The summed E-state index contributed by atoms with van der Waals surface area (Å²) >= 11 is 0. The minimum absolute atomic E-state index is 0.240. The summed E-state index contributed by atoms with van der Waals surface area (Å²) in [7, 11) is 0. The van der Waals surface area contributed by atoms with E-state index in [2.05, 4.69) is 48.4 Å². The van der Waals surface area contributed by atoms with Crippen LogP contribution in [0.4, 0.5) is 0 Å². The Kier molecular flexibility index (Phi) is 7.46. The van der Waals surface area contributed by atoms with Crippen molar-refractivity contribution in [1.29, 1.82) is 0 Å². The van der Waals surface area contributed by atoms with E-state index in [1.165, 1.54) is 11.3 Å². The molecule has 1 aliphatic carbocycles. The van der Waals surface area contributed by atoms with Gasteiger partial charge >= 0.3 is 0 Å². The Labute approximate surface area is 111 Å². The van der Waals surface area contributed by atoms with Crippen molar-refractivity contribution in [2.75, 3.05) is 32.8 Å². The van der Waals surface area contributed by atoms with Crippen molar-refractivity contribution in [1.82, 2.24) is 10.2 Å². The topological polar surface area (TPSA) is 35.5 Å². The number of aliphatic hydroxyl groups excluding tert-OH is 1. The van der Waals surface area contributed by atoms with Gasteiger partial charge < -0.3 is 15.3 Å². The molecule has 0 bridgehead atoms. The van der Waals surface area contributed by atoms with Gasteiger partial charge in [0.2, 0.25) is 0 Å². The SMILES string of the molecule is CCNC1=C(CCN(CC)CCO)C=CC=CC1. The maximum atomic E-state index is 9.00. The highest BCUT2D eigenvalue weighted by molar-refractivity contribution is 5.31. The number of likely N-dealkylation sites (N-methyl/N-ethyl adjacent to an activating group) is 1. The van der Waals surface area contributed by atoms with Gasteiger partial charge in [-0.15, -0.1) is 0 Å². The van der Waals surface area contributed by atoms with Crippen molar-refractivity contribution in [3.63, 3.8) is 0 Å². The van der Waals surface area contributed by atoms with E-state index in [0.29, 0.717) is 0 Å². The summed E-state index contributed by atoms with van der Waals surface area (Å²) in [4.78, 5) is 2.28. The third-order valence-corrected chi connectivity index (χ3v) is 3.21. The first-order chi connectivity index (χ1) is 8.81. The Morgan fingerprint density at radius 2 is 2.11 bits per heavy atom. The molecule has 0 spiro atoms. The normalized spacial score (nSPS) is 15.3. The quantitative estimate of drug-likeness (QED) is 0.692. The van der Waals surface area contributed by atoms with E-state index >= 15 is 0 Å². The predicted molar refractivity (Wildman–Crippen MR) is 77.4 cm³/mol. The maximum Gasteiger partial charge on any atom is 0.0558 e. The van der Waals surface area contributed by atoms with Crippen molar-refractivity contribution in [3.8, 4) is 0 Å². The Morgan fingerprint density at radius 3 is 2.78 bits per heavy atom. The number of allylic oxidation sites excluding steroid dienone is 4. The van der Waals surface area contributed by atoms with Crippen LogP contribution in [-0.2, 0) is 0 Å². The minimum atomic E-state index is 0.240. The number of aliphatic hydroxyl groups is 1. The number of nitrogens with zero attached hydrogens (tertiary/aromatic N) is 1. The molecule has 0 aromatic heterocycles. The molecular formula is C15H26N2O. The molecule has 102 valence electrons. The summed E-state index contributed by atoms with van der Waals surface area (Å²) in [5.41, 5.74) is 2.72. The Morgan fingerprint density at radius 1 is 1.28 bits per heavy atom. The van der Waals surface area contributed by atoms with E-state index in [1.807, 2.05) is 0 Å². The van der Waals surface area contributed by atoms with E-state index in [1.54, 1.807) is 0 Å². The molecule has 0 aromatic rings. The van der Waals surface area contributed by atoms with E-state index in [0.717, 1.165) is 39.0 Å². The van der Waals surface area contributed by atoms with E-state index in [4.69, 9.17) is 5.11 Å². The molecule has 3 heteroatoms. The summed E-state index contributed by atoms with van der Waals surface area (Å²) in [6.07, 6.45) is 10.6. The summed E-state index contributed by atoms with van der Waals surface area (Å²) in [5.74, 6) is 0. The molecular weight excluding hydrogens is 224 g/mol. The zero-order valence-electron chi connectivity index (χ0n) is 11.7. The van der Waals surface area contributed by atoms with Gasteiger partial charge in [0.05, 0.1) is 6.61 Å². The fraction of sp³-hybridized carbons (Fsp3) is 0.600. The van der Waals surface area contributed by atoms with Crippen LogP contribution < -0.4 is 5.32 Å². The van der Waals surface area contributed by atoms with Crippen molar-refractivity contribution in [3.05, 3.63) is 35.6 Å². The van der Waals surface area contributed by atoms with Gasteiger partial charge in [0.25, 0.3) is 0 Å². The van der Waals surface area contributed by atoms with Crippen LogP contribution >= 0.6 is 0 Å². The smallest absolute Gasteiger partial charge is 0.0558 e. The molecule has 0 heterocycles. The first-order valence-electron chi connectivity index (χ1n) is 6.94.